The van der Waals surface area contributed by atoms with E-state index in [0.29, 0.717) is 40.3 Å². The topological polar surface area (TPSA) is 99.9 Å². The SMILES string of the molecule is CC1CC(NC(=O)c2ccc(Oc3cccc(-c4ccnnc4)c3C#N)c(Cl)c2)CC(C)N1. The molecule has 4 rings (SSSR count). The quantitative estimate of drug-likeness (QED) is 0.570. The van der Waals surface area contributed by atoms with Gasteiger partial charge in [-0.25, -0.2) is 0 Å². The number of hydrogen-bond donors (Lipinski definition) is 2. The first kappa shape index (κ1) is 22.7. The minimum absolute atomic E-state index is 0.113. The number of carbonyl (C=O) groups is 1. The summed E-state index contributed by atoms with van der Waals surface area (Å²) in [6, 6.07) is 15.0. The van der Waals surface area contributed by atoms with E-state index >= 15 is 0 Å². The fourth-order valence-corrected chi connectivity index (χ4v) is 4.44. The average molecular weight is 462 g/mol. The van der Waals surface area contributed by atoms with Crippen LogP contribution < -0.4 is 15.4 Å². The Kier molecular flexibility index (Phi) is 6.87. The highest BCUT2D eigenvalue weighted by Crippen LogP contribution is 2.35. The predicted molar refractivity (Wildman–Crippen MR) is 126 cm³/mol. The van der Waals surface area contributed by atoms with Crippen LogP contribution in [-0.2, 0) is 0 Å². The van der Waals surface area contributed by atoms with Gasteiger partial charge in [-0.3, -0.25) is 4.79 Å². The number of rotatable bonds is 5. The molecule has 3 aromatic rings. The summed E-state index contributed by atoms with van der Waals surface area (Å²) in [6.07, 6.45) is 4.91. The van der Waals surface area contributed by atoms with Crippen molar-refractivity contribution in [3.8, 4) is 28.7 Å². The van der Waals surface area contributed by atoms with Gasteiger partial charge in [0, 0.05) is 34.8 Å². The molecule has 1 amide bonds. The fourth-order valence-electron chi connectivity index (χ4n) is 4.22. The Morgan fingerprint density at radius 2 is 1.94 bits per heavy atom. The van der Waals surface area contributed by atoms with E-state index in [1.165, 1.54) is 0 Å². The molecule has 2 aromatic carbocycles. The van der Waals surface area contributed by atoms with E-state index in [4.69, 9.17) is 16.3 Å². The van der Waals surface area contributed by atoms with Gasteiger partial charge in [-0.15, -0.1) is 0 Å². The van der Waals surface area contributed by atoms with Crippen molar-refractivity contribution in [2.45, 2.75) is 44.8 Å². The molecule has 2 unspecified atom stereocenters. The number of amides is 1. The van der Waals surface area contributed by atoms with E-state index in [1.54, 1.807) is 48.8 Å². The zero-order valence-corrected chi connectivity index (χ0v) is 19.1. The molecule has 2 N–H and O–H groups in total. The maximum absolute atomic E-state index is 12.8. The minimum atomic E-state index is -0.167. The van der Waals surface area contributed by atoms with Gasteiger partial charge < -0.3 is 15.4 Å². The van der Waals surface area contributed by atoms with Gasteiger partial charge in [-0.1, -0.05) is 23.7 Å². The summed E-state index contributed by atoms with van der Waals surface area (Å²) in [5.74, 6) is 0.557. The lowest BCUT2D eigenvalue weighted by Crippen LogP contribution is -2.50. The van der Waals surface area contributed by atoms with Crippen LogP contribution in [0.3, 0.4) is 0 Å². The van der Waals surface area contributed by atoms with Gasteiger partial charge in [0.2, 0.25) is 0 Å². The number of nitrogens with zero attached hydrogens (tertiary/aromatic N) is 3. The van der Waals surface area contributed by atoms with Gasteiger partial charge in [0.25, 0.3) is 5.91 Å². The van der Waals surface area contributed by atoms with Gasteiger partial charge in [0.1, 0.15) is 23.1 Å². The average Bonchev–Trinajstić information content (AvgIpc) is 2.80. The van der Waals surface area contributed by atoms with E-state index in [1.807, 2.05) is 6.07 Å². The van der Waals surface area contributed by atoms with Crippen molar-refractivity contribution in [3.63, 3.8) is 0 Å². The van der Waals surface area contributed by atoms with Crippen LogP contribution in [0, 0.1) is 11.3 Å². The van der Waals surface area contributed by atoms with Crippen molar-refractivity contribution in [1.82, 2.24) is 20.8 Å². The van der Waals surface area contributed by atoms with E-state index in [9.17, 15) is 10.1 Å². The lowest BCUT2D eigenvalue weighted by molar-refractivity contribution is 0.0920. The van der Waals surface area contributed by atoms with Gasteiger partial charge in [-0.05, 0) is 57.0 Å². The molecule has 0 saturated carbocycles. The monoisotopic (exact) mass is 461 g/mol. The summed E-state index contributed by atoms with van der Waals surface area (Å²) in [7, 11) is 0. The summed E-state index contributed by atoms with van der Waals surface area (Å²) in [6.45, 7) is 4.24. The van der Waals surface area contributed by atoms with Gasteiger partial charge in [-0.2, -0.15) is 15.5 Å². The number of ether oxygens (including phenoxy) is 1. The van der Waals surface area contributed by atoms with Crippen molar-refractivity contribution in [2.75, 3.05) is 0 Å². The number of piperidine rings is 1. The second-order valence-corrected chi connectivity index (χ2v) is 8.69. The Labute approximate surface area is 197 Å². The molecule has 0 aliphatic carbocycles. The third-order valence-corrected chi connectivity index (χ3v) is 5.92. The van der Waals surface area contributed by atoms with Crippen LogP contribution in [0.1, 0.15) is 42.6 Å². The van der Waals surface area contributed by atoms with Crippen LogP contribution in [0.15, 0.2) is 54.9 Å². The standard InChI is InChI=1S/C25H24ClN5O2/c1-15-10-19(11-16(2)30-15)31-25(32)17-6-7-24(22(26)12-17)33-23-5-3-4-20(21(23)13-27)18-8-9-28-29-14-18/h3-9,12,14-16,19,30H,10-11H2,1-2H3,(H,31,32). The molecule has 0 radical (unpaired) electrons. The molecule has 2 heterocycles. The molecule has 1 aliphatic rings. The number of hydrogen-bond acceptors (Lipinski definition) is 6. The molecule has 1 aromatic heterocycles. The number of nitriles is 1. The summed E-state index contributed by atoms with van der Waals surface area (Å²) >= 11 is 6.45. The Bertz CT molecular complexity index is 1190. The fraction of sp³-hybridized carbons (Fsp3) is 0.280. The maximum atomic E-state index is 12.8. The van der Waals surface area contributed by atoms with E-state index in [2.05, 4.69) is 40.7 Å². The normalized spacial score (nSPS) is 20.0. The second kappa shape index (κ2) is 9.99. The number of halogens is 1. The Morgan fingerprint density at radius 3 is 2.61 bits per heavy atom. The largest absolute Gasteiger partial charge is 0.454 e. The van der Waals surface area contributed by atoms with Crippen LogP contribution in [0.5, 0.6) is 11.5 Å². The summed E-state index contributed by atoms with van der Waals surface area (Å²) in [5, 5.41) is 24.3. The smallest absolute Gasteiger partial charge is 0.251 e. The van der Waals surface area contributed by atoms with Gasteiger partial charge in [0.15, 0.2) is 0 Å². The molecular weight excluding hydrogens is 438 g/mol. The minimum Gasteiger partial charge on any atom is -0.454 e. The third kappa shape index (κ3) is 5.30. The molecule has 168 valence electrons. The molecule has 7 nitrogen and oxygen atoms in total. The second-order valence-electron chi connectivity index (χ2n) is 8.28. The van der Waals surface area contributed by atoms with Crippen molar-refractivity contribution in [2.24, 2.45) is 0 Å². The zero-order chi connectivity index (χ0) is 23.4. The zero-order valence-electron chi connectivity index (χ0n) is 18.4. The Hall–Kier alpha value is -3.47. The number of benzene rings is 2. The molecular formula is C25H24ClN5O2. The Morgan fingerprint density at radius 1 is 1.15 bits per heavy atom. The molecule has 33 heavy (non-hydrogen) atoms. The number of aromatic nitrogens is 2. The maximum Gasteiger partial charge on any atom is 0.251 e. The summed E-state index contributed by atoms with van der Waals surface area (Å²) < 4.78 is 5.98. The third-order valence-electron chi connectivity index (χ3n) is 5.63. The molecule has 2 atom stereocenters. The lowest BCUT2D eigenvalue weighted by atomic mass is 9.95. The molecule has 1 aliphatic heterocycles. The molecule has 1 saturated heterocycles. The first-order chi connectivity index (χ1) is 15.9. The van der Waals surface area contributed by atoms with Crippen LogP contribution in [0.4, 0.5) is 0 Å². The highest BCUT2D eigenvalue weighted by molar-refractivity contribution is 6.32. The van der Waals surface area contributed by atoms with Crippen molar-refractivity contribution in [3.05, 3.63) is 71.0 Å². The van der Waals surface area contributed by atoms with Crippen molar-refractivity contribution in [1.29, 1.82) is 5.26 Å². The van der Waals surface area contributed by atoms with E-state index in [-0.39, 0.29) is 17.0 Å². The molecule has 8 heteroatoms. The van der Waals surface area contributed by atoms with E-state index < -0.39 is 0 Å². The van der Waals surface area contributed by atoms with Crippen LogP contribution >= 0.6 is 11.6 Å². The lowest BCUT2D eigenvalue weighted by Gasteiger charge is -2.33. The van der Waals surface area contributed by atoms with Gasteiger partial charge >= 0.3 is 0 Å². The predicted octanol–water partition coefficient (Wildman–Crippen LogP) is 4.72. The van der Waals surface area contributed by atoms with Crippen LogP contribution in [-0.4, -0.2) is 34.2 Å². The first-order valence-corrected chi connectivity index (χ1v) is 11.2. The van der Waals surface area contributed by atoms with Crippen molar-refractivity contribution >= 4 is 17.5 Å². The van der Waals surface area contributed by atoms with Crippen LogP contribution in [0.25, 0.3) is 11.1 Å². The molecule has 0 spiro atoms. The van der Waals surface area contributed by atoms with Gasteiger partial charge in [0.05, 0.1) is 17.4 Å². The summed E-state index contributed by atoms with van der Waals surface area (Å²) in [4.78, 5) is 12.8. The molecule has 1 fully saturated rings. The van der Waals surface area contributed by atoms with Crippen LogP contribution in [0.2, 0.25) is 5.02 Å². The highest BCUT2D eigenvalue weighted by Gasteiger charge is 2.25. The van der Waals surface area contributed by atoms with E-state index in [0.717, 1.165) is 18.4 Å². The highest BCUT2D eigenvalue weighted by atomic mass is 35.5. The number of nitrogens with one attached hydrogen (secondary N) is 2. The number of carbonyl (C=O) groups excluding carboxylic acids is 1. The summed E-state index contributed by atoms with van der Waals surface area (Å²) in [5.41, 5.74) is 2.26. The Balaban J connectivity index is 1.53. The molecule has 0 bridgehead atoms. The first-order valence-electron chi connectivity index (χ1n) is 10.8. The van der Waals surface area contributed by atoms with Crippen molar-refractivity contribution < 1.29 is 9.53 Å².